The van der Waals surface area contributed by atoms with Crippen molar-refractivity contribution in [1.29, 1.82) is 0 Å². The van der Waals surface area contributed by atoms with Crippen molar-refractivity contribution >= 4 is 0 Å². The van der Waals surface area contributed by atoms with Crippen LogP contribution in [0.4, 0.5) is 8.78 Å². The zero-order valence-electron chi connectivity index (χ0n) is 8.47. The van der Waals surface area contributed by atoms with E-state index >= 15 is 0 Å². The first-order valence-corrected chi connectivity index (χ1v) is 4.89. The highest BCUT2D eigenvalue weighted by Crippen LogP contribution is 2.41. The molecule has 1 heterocycles. The summed E-state index contributed by atoms with van der Waals surface area (Å²) in [7, 11) is 1.49. The van der Waals surface area contributed by atoms with Crippen molar-refractivity contribution in [3.05, 3.63) is 29.8 Å². The number of halogens is 2. The Morgan fingerprint density at radius 1 is 1.40 bits per heavy atom. The second kappa shape index (κ2) is 3.77. The van der Waals surface area contributed by atoms with Crippen LogP contribution < -0.4 is 10.1 Å². The molecule has 4 heteroatoms. The molecular formula is C11H13F2NO. The van der Waals surface area contributed by atoms with E-state index in [-0.39, 0.29) is 6.42 Å². The summed E-state index contributed by atoms with van der Waals surface area (Å²) in [5.41, 5.74) is 0.530. The number of ether oxygens (including phenoxy) is 1. The highest BCUT2D eigenvalue weighted by molar-refractivity contribution is 5.37. The molecule has 1 aliphatic rings. The van der Waals surface area contributed by atoms with E-state index in [1.54, 1.807) is 24.3 Å². The van der Waals surface area contributed by atoms with Crippen molar-refractivity contribution in [1.82, 2.24) is 5.32 Å². The van der Waals surface area contributed by atoms with Crippen LogP contribution in [0.15, 0.2) is 24.3 Å². The lowest BCUT2D eigenvalue weighted by atomic mass is 10.0. The molecule has 0 aromatic heterocycles. The number of nitrogens with one attached hydrogen (secondary N) is 1. The molecule has 0 aliphatic carbocycles. The number of alkyl halides is 2. The van der Waals surface area contributed by atoms with Gasteiger partial charge in [0.05, 0.1) is 7.11 Å². The van der Waals surface area contributed by atoms with Gasteiger partial charge in [0.25, 0.3) is 5.92 Å². The summed E-state index contributed by atoms with van der Waals surface area (Å²) in [6, 6.07) is 5.97. The van der Waals surface area contributed by atoms with E-state index in [2.05, 4.69) is 5.32 Å². The summed E-state index contributed by atoms with van der Waals surface area (Å²) in [5.74, 6) is -2.18. The zero-order valence-corrected chi connectivity index (χ0v) is 8.47. The summed E-state index contributed by atoms with van der Waals surface area (Å²) >= 11 is 0. The van der Waals surface area contributed by atoms with Crippen molar-refractivity contribution in [2.45, 2.75) is 18.4 Å². The second-order valence-electron chi connectivity index (χ2n) is 3.64. The fraction of sp³-hybridized carbons (Fsp3) is 0.455. The molecule has 0 spiro atoms. The first-order chi connectivity index (χ1) is 7.15. The van der Waals surface area contributed by atoms with E-state index in [1.165, 1.54) is 7.11 Å². The molecular weight excluding hydrogens is 200 g/mol. The highest BCUT2D eigenvalue weighted by Gasteiger charge is 2.45. The van der Waals surface area contributed by atoms with Crippen LogP contribution in [-0.4, -0.2) is 19.6 Å². The van der Waals surface area contributed by atoms with Crippen LogP contribution in [0.5, 0.6) is 5.75 Å². The maximum atomic E-state index is 13.5. The van der Waals surface area contributed by atoms with Gasteiger partial charge in [-0.1, -0.05) is 18.2 Å². The van der Waals surface area contributed by atoms with Crippen LogP contribution in [0, 0.1) is 0 Å². The standard InChI is InChI=1S/C11H13F2NO/c1-15-9-5-3-2-4-8(9)10-11(12,13)6-7-14-10/h2-5,10,14H,6-7H2,1H3. The lowest BCUT2D eigenvalue weighted by Crippen LogP contribution is -2.26. The Balaban J connectivity index is 2.36. The highest BCUT2D eigenvalue weighted by atomic mass is 19.3. The number of benzene rings is 1. The van der Waals surface area contributed by atoms with Gasteiger partial charge in [-0.3, -0.25) is 0 Å². The summed E-state index contributed by atoms with van der Waals surface area (Å²) in [5, 5.41) is 2.81. The Labute approximate surface area is 87.2 Å². The number of methoxy groups -OCH3 is 1. The molecule has 0 bridgehead atoms. The average molecular weight is 213 g/mol. The van der Waals surface area contributed by atoms with Gasteiger partial charge < -0.3 is 10.1 Å². The molecule has 0 radical (unpaired) electrons. The van der Waals surface area contributed by atoms with Crippen molar-refractivity contribution in [3.63, 3.8) is 0 Å². The Kier molecular flexibility index (Phi) is 2.61. The molecule has 15 heavy (non-hydrogen) atoms. The molecule has 1 N–H and O–H groups in total. The number of rotatable bonds is 2. The second-order valence-corrected chi connectivity index (χ2v) is 3.64. The summed E-state index contributed by atoms with van der Waals surface area (Å²) in [4.78, 5) is 0. The Bertz CT molecular complexity index is 354. The van der Waals surface area contributed by atoms with Crippen LogP contribution in [-0.2, 0) is 0 Å². The molecule has 0 saturated carbocycles. The van der Waals surface area contributed by atoms with E-state index in [9.17, 15) is 8.78 Å². The maximum absolute atomic E-state index is 13.5. The van der Waals surface area contributed by atoms with Gasteiger partial charge in [-0.05, 0) is 6.07 Å². The number of para-hydroxylation sites is 1. The third-order valence-corrected chi connectivity index (χ3v) is 2.68. The minimum Gasteiger partial charge on any atom is -0.496 e. The lowest BCUT2D eigenvalue weighted by molar-refractivity contribution is -0.0123. The van der Waals surface area contributed by atoms with E-state index in [0.29, 0.717) is 17.9 Å². The van der Waals surface area contributed by atoms with Gasteiger partial charge >= 0.3 is 0 Å². The zero-order chi connectivity index (χ0) is 10.9. The van der Waals surface area contributed by atoms with Crippen molar-refractivity contribution in [3.8, 4) is 5.75 Å². The number of hydrogen-bond acceptors (Lipinski definition) is 2. The largest absolute Gasteiger partial charge is 0.496 e. The Morgan fingerprint density at radius 2 is 2.13 bits per heavy atom. The fourth-order valence-corrected chi connectivity index (χ4v) is 1.92. The summed E-state index contributed by atoms with van der Waals surface area (Å²) < 4.78 is 32.1. The molecule has 1 aromatic rings. The van der Waals surface area contributed by atoms with Gasteiger partial charge in [0.2, 0.25) is 0 Å². The minimum absolute atomic E-state index is 0.115. The smallest absolute Gasteiger partial charge is 0.268 e. The summed E-state index contributed by atoms with van der Waals surface area (Å²) in [6.07, 6.45) is -0.115. The molecule has 1 unspecified atom stereocenters. The molecule has 2 rings (SSSR count). The van der Waals surface area contributed by atoms with Gasteiger partial charge in [0, 0.05) is 18.5 Å². The topological polar surface area (TPSA) is 21.3 Å². The predicted molar refractivity (Wildman–Crippen MR) is 53.3 cm³/mol. The van der Waals surface area contributed by atoms with E-state index in [4.69, 9.17) is 4.74 Å². The minimum atomic E-state index is -2.69. The van der Waals surface area contributed by atoms with Crippen LogP contribution in [0.2, 0.25) is 0 Å². The van der Waals surface area contributed by atoms with Gasteiger partial charge in [0.15, 0.2) is 0 Å². The maximum Gasteiger partial charge on any atom is 0.268 e. The molecule has 1 saturated heterocycles. The van der Waals surface area contributed by atoms with E-state index < -0.39 is 12.0 Å². The third-order valence-electron chi connectivity index (χ3n) is 2.68. The Hall–Kier alpha value is -1.16. The first kappa shape index (κ1) is 10.4. The molecule has 82 valence electrons. The van der Waals surface area contributed by atoms with Crippen LogP contribution in [0.1, 0.15) is 18.0 Å². The van der Waals surface area contributed by atoms with Crippen molar-refractivity contribution in [2.24, 2.45) is 0 Å². The van der Waals surface area contributed by atoms with Gasteiger partial charge in [0.1, 0.15) is 11.8 Å². The monoisotopic (exact) mass is 213 g/mol. The fourth-order valence-electron chi connectivity index (χ4n) is 1.92. The third kappa shape index (κ3) is 1.81. The number of hydrogen-bond donors (Lipinski definition) is 1. The molecule has 1 aromatic carbocycles. The molecule has 2 nitrogen and oxygen atoms in total. The van der Waals surface area contributed by atoms with Crippen molar-refractivity contribution in [2.75, 3.05) is 13.7 Å². The van der Waals surface area contributed by atoms with Gasteiger partial charge in [-0.2, -0.15) is 0 Å². The normalized spacial score (nSPS) is 24.1. The SMILES string of the molecule is COc1ccccc1C1NCCC1(F)F. The first-order valence-electron chi connectivity index (χ1n) is 4.89. The molecule has 0 amide bonds. The van der Waals surface area contributed by atoms with Crippen LogP contribution in [0.3, 0.4) is 0 Å². The molecule has 1 atom stereocenters. The predicted octanol–water partition coefficient (Wildman–Crippen LogP) is 2.36. The van der Waals surface area contributed by atoms with E-state index in [0.717, 1.165) is 0 Å². The van der Waals surface area contributed by atoms with Crippen LogP contribution in [0.25, 0.3) is 0 Å². The lowest BCUT2D eigenvalue weighted by Gasteiger charge is -2.21. The quantitative estimate of drug-likeness (QED) is 0.814. The Morgan fingerprint density at radius 3 is 2.73 bits per heavy atom. The van der Waals surface area contributed by atoms with Crippen LogP contribution >= 0.6 is 0 Å². The molecule has 1 fully saturated rings. The van der Waals surface area contributed by atoms with Gasteiger partial charge in [-0.25, -0.2) is 8.78 Å². The average Bonchev–Trinajstić information content (AvgIpc) is 2.58. The summed E-state index contributed by atoms with van der Waals surface area (Å²) in [6.45, 7) is 0.343. The molecule has 1 aliphatic heterocycles. The van der Waals surface area contributed by atoms with E-state index in [1.807, 2.05) is 0 Å². The van der Waals surface area contributed by atoms with Gasteiger partial charge in [-0.15, -0.1) is 0 Å². The van der Waals surface area contributed by atoms with Crippen molar-refractivity contribution < 1.29 is 13.5 Å².